The SMILES string of the molecule is C=CCNC(=O)C1CCCN1C(=O)c1ccc(Br)cc1. The smallest absolute Gasteiger partial charge is 0.254 e. The number of hydrogen-bond acceptors (Lipinski definition) is 2. The number of nitrogens with zero attached hydrogens (tertiary/aromatic N) is 1. The van der Waals surface area contributed by atoms with Gasteiger partial charge in [0.1, 0.15) is 6.04 Å². The van der Waals surface area contributed by atoms with Gasteiger partial charge in [-0.2, -0.15) is 0 Å². The summed E-state index contributed by atoms with van der Waals surface area (Å²) in [6.07, 6.45) is 3.20. The number of likely N-dealkylation sites (tertiary alicyclic amines) is 1. The molecule has 4 nitrogen and oxygen atoms in total. The van der Waals surface area contributed by atoms with Crippen LogP contribution >= 0.6 is 15.9 Å². The van der Waals surface area contributed by atoms with Crippen molar-refractivity contribution >= 4 is 27.7 Å². The average molecular weight is 337 g/mol. The number of amides is 2. The summed E-state index contributed by atoms with van der Waals surface area (Å²) in [5.74, 6) is -0.193. The molecule has 1 aromatic carbocycles. The standard InChI is InChI=1S/C15H17BrN2O2/c1-2-9-17-14(19)13-4-3-10-18(13)15(20)11-5-7-12(16)8-6-11/h2,5-8,13H,1,3-4,9-10H2,(H,17,19). The highest BCUT2D eigenvalue weighted by Crippen LogP contribution is 2.21. The molecule has 0 spiro atoms. The lowest BCUT2D eigenvalue weighted by atomic mass is 10.1. The van der Waals surface area contributed by atoms with Gasteiger partial charge in [0.05, 0.1) is 0 Å². The van der Waals surface area contributed by atoms with E-state index in [4.69, 9.17) is 0 Å². The molecule has 20 heavy (non-hydrogen) atoms. The van der Waals surface area contributed by atoms with Crippen LogP contribution in [0.2, 0.25) is 0 Å². The molecular formula is C15H17BrN2O2. The van der Waals surface area contributed by atoms with E-state index in [2.05, 4.69) is 27.8 Å². The minimum absolute atomic E-state index is 0.0891. The number of hydrogen-bond donors (Lipinski definition) is 1. The highest BCUT2D eigenvalue weighted by molar-refractivity contribution is 9.10. The van der Waals surface area contributed by atoms with Crippen LogP contribution in [0.5, 0.6) is 0 Å². The van der Waals surface area contributed by atoms with Crippen molar-refractivity contribution in [2.45, 2.75) is 18.9 Å². The molecule has 2 rings (SSSR count). The lowest BCUT2D eigenvalue weighted by molar-refractivity contribution is -0.124. The third-order valence-corrected chi connectivity index (χ3v) is 3.86. The third kappa shape index (κ3) is 3.28. The monoisotopic (exact) mass is 336 g/mol. The maximum atomic E-state index is 12.5. The molecule has 1 atom stereocenters. The molecule has 0 aliphatic carbocycles. The fourth-order valence-corrected chi connectivity index (χ4v) is 2.60. The zero-order valence-corrected chi connectivity index (χ0v) is 12.7. The first-order valence-corrected chi connectivity index (χ1v) is 7.38. The van der Waals surface area contributed by atoms with Crippen LogP contribution < -0.4 is 5.32 Å². The van der Waals surface area contributed by atoms with E-state index < -0.39 is 0 Å². The third-order valence-electron chi connectivity index (χ3n) is 3.33. The van der Waals surface area contributed by atoms with Crippen molar-refractivity contribution in [3.63, 3.8) is 0 Å². The van der Waals surface area contributed by atoms with E-state index in [0.29, 0.717) is 25.1 Å². The van der Waals surface area contributed by atoms with E-state index in [1.807, 2.05) is 12.1 Å². The van der Waals surface area contributed by atoms with Crippen molar-refractivity contribution in [3.8, 4) is 0 Å². The summed E-state index contributed by atoms with van der Waals surface area (Å²) in [4.78, 5) is 26.2. The molecule has 1 fully saturated rings. The summed E-state index contributed by atoms with van der Waals surface area (Å²) in [7, 11) is 0. The Hall–Kier alpha value is -1.62. The number of carbonyl (C=O) groups excluding carboxylic acids is 2. The second kappa shape index (κ2) is 6.70. The van der Waals surface area contributed by atoms with E-state index >= 15 is 0 Å². The van der Waals surface area contributed by atoms with Gasteiger partial charge in [-0.3, -0.25) is 9.59 Å². The van der Waals surface area contributed by atoms with E-state index in [1.165, 1.54) is 0 Å². The van der Waals surface area contributed by atoms with Crippen LogP contribution in [0.1, 0.15) is 23.2 Å². The topological polar surface area (TPSA) is 49.4 Å². The second-order valence-electron chi connectivity index (χ2n) is 4.70. The Balaban J connectivity index is 2.10. The molecule has 1 N–H and O–H groups in total. The Morgan fingerprint density at radius 1 is 1.40 bits per heavy atom. The highest BCUT2D eigenvalue weighted by Gasteiger charge is 2.34. The number of carbonyl (C=O) groups is 2. The average Bonchev–Trinajstić information content (AvgIpc) is 2.94. The Bertz CT molecular complexity index is 513. The van der Waals surface area contributed by atoms with Crippen molar-refractivity contribution in [1.82, 2.24) is 10.2 Å². The molecule has 1 aliphatic heterocycles. The van der Waals surface area contributed by atoms with E-state index in [-0.39, 0.29) is 17.9 Å². The highest BCUT2D eigenvalue weighted by atomic mass is 79.9. The van der Waals surface area contributed by atoms with Crippen LogP contribution in [-0.2, 0) is 4.79 Å². The first-order valence-electron chi connectivity index (χ1n) is 6.58. The van der Waals surface area contributed by atoms with Gasteiger partial charge in [0.2, 0.25) is 5.91 Å². The predicted molar refractivity (Wildman–Crippen MR) is 81.4 cm³/mol. The first-order chi connectivity index (χ1) is 9.63. The molecule has 5 heteroatoms. The van der Waals surface area contributed by atoms with Gasteiger partial charge < -0.3 is 10.2 Å². The van der Waals surface area contributed by atoms with Gasteiger partial charge in [-0.15, -0.1) is 6.58 Å². The van der Waals surface area contributed by atoms with Crippen LogP contribution in [0, 0.1) is 0 Å². The van der Waals surface area contributed by atoms with Crippen molar-refractivity contribution in [3.05, 3.63) is 47.0 Å². The first kappa shape index (κ1) is 14.8. The molecule has 0 bridgehead atoms. The number of benzene rings is 1. The van der Waals surface area contributed by atoms with Gasteiger partial charge >= 0.3 is 0 Å². The largest absolute Gasteiger partial charge is 0.351 e. The normalized spacial score (nSPS) is 17.9. The second-order valence-corrected chi connectivity index (χ2v) is 5.61. The molecule has 1 saturated heterocycles. The Morgan fingerprint density at radius 2 is 2.10 bits per heavy atom. The molecule has 0 aromatic heterocycles. The molecule has 2 amide bonds. The van der Waals surface area contributed by atoms with Crippen molar-refractivity contribution in [1.29, 1.82) is 0 Å². The lowest BCUT2D eigenvalue weighted by Gasteiger charge is -2.23. The lowest BCUT2D eigenvalue weighted by Crippen LogP contribution is -2.46. The zero-order chi connectivity index (χ0) is 14.5. The minimum atomic E-state index is -0.369. The van der Waals surface area contributed by atoms with Crippen molar-refractivity contribution in [2.75, 3.05) is 13.1 Å². The molecule has 106 valence electrons. The van der Waals surface area contributed by atoms with Crippen LogP contribution in [0.4, 0.5) is 0 Å². The summed E-state index contributed by atoms with van der Waals surface area (Å²) in [6, 6.07) is 6.82. The Kier molecular flexibility index (Phi) is 4.95. The van der Waals surface area contributed by atoms with Gasteiger partial charge in [-0.25, -0.2) is 0 Å². The van der Waals surface area contributed by atoms with Crippen LogP contribution in [0.15, 0.2) is 41.4 Å². The van der Waals surface area contributed by atoms with Gasteiger partial charge in [-0.1, -0.05) is 22.0 Å². The van der Waals surface area contributed by atoms with Gasteiger partial charge in [0.15, 0.2) is 0 Å². The number of rotatable bonds is 4. The summed E-state index contributed by atoms with van der Waals surface area (Å²) in [5, 5.41) is 2.76. The molecule has 1 heterocycles. The van der Waals surface area contributed by atoms with E-state index in [0.717, 1.165) is 10.9 Å². The number of nitrogens with one attached hydrogen (secondary N) is 1. The quantitative estimate of drug-likeness (QED) is 0.858. The summed E-state index contributed by atoms with van der Waals surface area (Å²) < 4.78 is 0.927. The molecular weight excluding hydrogens is 320 g/mol. The molecule has 1 aliphatic rings. The van der Waals surface area contributed by atoms with Crippen molar-refractivity contribution in [2.24, 2.45) is 0 Å². The van der Waals surface area contributed by atoms with Crippen LogP contribution in [0.3, 0.4) is 0 Å². The molecule has 1 aromatic rings. The summed E-state index contributed by atoms with van der Waals surface area (Å²) >= 11 is 3.34. The fourth-order valence-electron chi connectivity index (χ4n) is 2.33. The summed E-state index contributed by atoms with van der Waals surface area (Å²) in [6.45, 7) is 4.62. The number of halogens is 1. The van der Waals surface area contributed by atoms with Crippen LogP contribution in [0.25, 0.3) is 0 Å². The van der Waals surface area contributed by atoms with Gasteiger partial charge in [0, 0.05) is 23.1 Å². The minimum Gasteiger partial charge on any atom is -0.351 e. The Morgan fingerprint density at radius 3 is 2.75 bits per heavy atom. The van der Waals surface area contributed by atoms with Crippen molar-refractivity contribution < 1.29 is 9.59 Å². The molecule has 0 saturated carbocycles. The molecule has 0 radical (unpaired) electrons. The van der Waals surface area contributed by atoms with Gasteiger partial charge in [0.25, 0.3) is 5.91 Å². The Labute approximate surface area is 127 Å². The zero-order valence-electron chi connectivity index (χ0n) is 11.1. The van der Waals surface area contributed by atoms with Gasteiger partial charge in [-0.05, 0) is 37.1 Å². The maximum Gasteiger partial charge on any atom is 0.254 e. The maximum absolute atomic E-state index is 12.5. The predicted octanol–water partition coefficient (Wildman–Crippen LogP) is 2.36. The fraction of sp³-hybridized carbons (Fsp3) is 0.333. The van der Waals surface area contributed by atoms with E-state index in [1.54, 1.807) is 23.1 Å². The van der Waals surface area contributed by atoms with Crippen LogP contribution in [-0.4, -0.2) is 35.8 Å². The van der Waals surface area contributed by atoms with E-state index in [9.17, 15) is 9.59 Å². The molecule has 1 unspecified atom stereocenters. The summed E-state index contributed by atoms with van der Waals surface area (Å²) in [5.41, 5.74) is 0.608.